The molecule has 0 spiro atoms. The van der Waals surface area contributed by atoms with Gasteiger partial charge in [0.15, 0.2) is 0 Å². The van der Waals surface area contributed by atoms with E-state index in [0.29, 0.717) is 13.0 Å². The predicted molar refractivity (Wildman–Crippen MR) is 66.6 cm³/mol. The van der Waals surface area contributed by atoms with Crippen molar-refractivity contribution >= 4 is 21.5 Å². The van der Waals surface area contributed by atoms with Crippen molar-refractivity contribution in [3.05, 3.63) is 18.2 Å². The quantitative estimate of drug-likeness (QED) is 0.728. The third kappa shape index (κ3) is 4.97. The molecule has 1 rings (SSSR count). The highest BCUT2D eigenvalue weighted by Gasteiger charge is 2.01. The third-order valence-electron chi connectivity index (χ3n) is 2.00. The Labute approximate surface area is 96.2 Å². The van der Waals surface area contributed by atoms with Crippen LogP contribution in [0.2, 0.25) is 0 Å². The van der Waals surface area contributed by atoms with Crippen LogP contribution in [0.4, 0.5) is 11.6 Å². The molecule has 0 aromatic carbocycles. The van der Waals surface area contributed by atoms with Crippen molar-refractivity contribution in [3.63, 3.8) is 0 Å². The van der Waals surface area contributed by atoms with Crippen LogP contribution in [-0.4, -0.2) is 39.0 Å². The van der Waals surface area contributed by atoms with Crippen LogP contribution in [-0.2, 0) is 9.84 Å². The fourth-order valence-corrected chi connectivity index (χ4v) is 1.89. The summed E-state index contributed by atoms with van der Waals surface area (Å²) < 4.78 is 21.8. The minimum Gasteiger partial charge on any atom is -0.373 e. The lowest BCUT2D eigenvalue weighted by Crippen LogP contribution is -2.10. The molecule has 5 nitrogen and oxygen atoms in total. The van der Waals surface area contributed by atoms with E-state index in [2.05, 4.69) is 15.6 Å². The van der Waals surface area contributed by atoms with E-state index in [4.69, 9.17) is 0 Å². The van der Waals surface area contributed by atoms with Crippen molar-refractivity contribution in [2.45, 2.75) is 6.42 Å². The molecule has 1 heterocycles. The van der Waals surface area contributed by atoms with E-state index in [1.807, 2.05) is 18.2 Å². The van der Waals surface area contributed by atoms with Gasteiger partial charge in [0.1, 0.15) is 21.5 Å². The minimum atomic E-state index is -2.86. The van der Waals surface area contributed by atoms with Crippen LogP contribution in [0.25, 0.3) is 0 Å². The molecule has 1 aromatic heterocycles. The van der Waals surface area contributed by atoms with Crippen molar-refractivity contribution in [2.75, 3.05) is 36.2 Å². The summed E-state index contributed by atoms with van der Waals surface area (Å²) in [5, 5.41) is 6.01. The van der Waals surface area contributed by atoms with Crippen LogP contribution in [0.5, 0.6) is 0 Å². The zero-order valence-corrected chi connectivity index (χ0v) is 10.3. The summed E-state index contributed by atoms with van der Waals surface area (Å²) in [4.78, 5) is 4.25. The fraction of sp³-hybridized carbons (Fsp3) is 0.500. The van der Waals surface area contributed by atoms with Gasteiger partial charge in [-0.1, -0.05) is 6.07 Å². The normalized spacial score (nSPS) is 11.1. The van der Waals surface area contributed by atoms with Gasteiger partial charge < -0.3 is 10.6 Å². The second-order valence-electron chi connectivity index (χ2n) is 3.57. The van der Waals surface area contributed by atoms with E-state index in [1.54, 1.807) is 7.05 Å². The Kier molecular flexibility index (Phi) is 4.54. The summed E-state index contributed by atoms with van der Waals surface area (Å²) in [6.45, 7) is 0.604. The molecular formula is C10H17N3O2S. The first-order chi connectivity index (χ1) is 7.51. The number of rotatable bonds is 6. The maximum atomic E-state index is 10.9. The zero-order valence-electron chi connectivity index (χ0n) is 9.53. The Morgan fingerprint density at radius 2 is 2.00 bits per heavy atom. The largest absolute Gasteiger partial charge is 0.373 e. The Morgan fingerprint density at radius 1 is 1.31 bits per heavy atom. The van der Waals surface area contributed by atoms with Gasteiger partial charge in [0.05, 0.1) is 5.75 Å². The average molecular weight is 243 g/mol. The van der Waals surface area contributed by atoms with Crippen LogP contribution < -0.4 is 10.6 Å². The van der Waals surface area contributed by atoms with E-state index in [-0.39, 0.29) is 5.75 Å². The summed E-state index contributed by atoms with van der Waals surface area (Å²) >= 11 is 0. The van der Waals surface area contributed by atoms with Gasteiger partial charge in [-0.2, -0.15) is 0 Å². The summed E-state index contributed by atoms with van der Waals surface area (Å²) in [7, 11) is -1.06. The Balaban J connectivity index is 2.37. The maximum absolute atomic E-state index is 10.9. The van der Waals surface area contributed by atoms with Crippen molar-refractivity contribution in [1.82, 2.24) is 4.98 Å². The molecule has 0 bridgehead atoms. The van der Waals surface area contributed by atoms with Gasteiger partial charge in [0.25, 0.3) is 0 Å². The van der Waals surface area contributed by atoms with E-state index >= 15 is 0 Å². The number of sulfone groups is 1. The molecule has 0 fully saturated rings. The van der Waals surface area contributed by atoms with Gasteiger partial charge >= 0.3 is 0 Å². The number of anilines is 2. The van der Waals surface area contributed by atoms with Gasteiger partial charge in [-0.25, -0.2) is 13.4 Å². The highest BCUT2D eigenvalue weighted by molar-refractivity contribution is 7.90. The first-order valence-corrected chi connectivity index (χ1v) is 7.14. The summed E-state index contributed by atoms with van der Waals surface area (Å²) in [5.41, 5.74) is 0. The molecule has 0 unspecified atom stereocenters. The predicted octanol–water partition coefficient (Wildman–Crippen LogP) is 0.970. The second kappa shape index (κ2) is 5.69. The van der Waals surface area contributed by atoms with Crippen LogP contribution in [0, 0.1) is 0 Å². The number of nitrogens with one attached hydrogen (secondary N) is 2. The topological polar surface area (TPSA) is 71.1 Å². The lowest BCUT2D eigenvalue weighted by Gasteiger charge is -2.06. The third-order valence-corrected chi connectivity index (χ3v) is 3.03. The molecule has 6 heteroatoms. The number of aromatic nitrogens is 1. The summed E-state index contributed by atoms with van der Waals surface area (Å²) in [6, 6.07) is 5.60. The molecule has 0 aliphatic rings. The van der Waals surface area contributed by atoms with Gasteiger partial charge in [-0.3, -0.25) is 0 Å². The smallest absolute Gasteiger partial charge is 0.147 e. The van der Waals surface area contributed by atoms with Crippen molar-refractivity contribution < 1.29 is 8.42 Å². The van der Waals surface area contributed by atoms with Gasteiger partial charge in [-0.05, 0) is 18.6 Å². The van der Waals surface area contributed by atoms with Crippen LogP contribution in [0.15, 0.2) is 18.2 Å². The zero-order chi connectivity index (χ0) is 12.0. The van der Waals surface area contributed by atoms with Crippen LogP contribution in [0.1, 0.15) is 6.42 Å². The summed E-state index contributed by atoms with van der Waals surface area (Å²) in [5.74, 6) is 1.74. The van der Waals surface area contributed by atoms with Crippen LogP contribution >= 0.6 is 0 Å². The number of hydrogen-bond donors (Lipinski definition) is 2. The second-order valence-corrected chi connectivity index (χ2v) is 5.83. The number of hydrogen-bond acceptors (Lipinski definition) is 5. The van der Waals surface area contributed by atoms with Gasteiger partial charge in [0, 0.05) is 19.8 Å². The van der Waals surface area contributed by atoms with E-state index in [1.165, 1.54) is 6.26 Å². The first-order valence-electron chi connectivity index (χ1n) is 5.08. The number of nitrogens with zero attached hydrogens (tertiary/aromatic N) is 1. The molecule has 1 aromatic rings. The molecule has 16 heavy (non-hydrogen) atoms. The van der Waals surface area contributed by atoms with Crippen LogP contribution in [0.3, 0.4) is 0 Å². The highest BCUT2D eigenvalue weighted by atomic mass is 32.2. The van der Waals surface area contributed by atoms with Crippen molar-refractivity contribution in [2.24, 2.45) is 0 Å². The Hall–Kier alpha value is -1.30. The molecule has 0 atom stereocenters. The minimum absolute atomic E-state index is 0.200. The molecule has 0 aliphatic carbocycles. The molecular weight excluding hydrogens is 226 g/mol. The van der Waals surface area contributed by atoms with E-state index in [9.17, 15) is 8.42 Å². The van der Waals surface area contributed by atoms with E-state index < -0.39 is 9.84 Å². The molecule has 0 saturated heterocycles. The SMILES string of the molecule is CNc1cccc(NCCCS(C)(=O)=O)n1. The highest BCUT2D eigenvalue weighted by Crippen LogP contribution is 2.08. The Bertz CT molecular complexity index is 431. The average Bonchev–Trinajstić information content (AvgIpc) is 2.23. The molecule has 0 amide bonds. The monoisotopic (exact) mass is 243 g/mol. The lowest BCUT2D eigenvalue weighted by atomic mass is 10.4. The molecule has 0 radical (unpaired) electrons. The van der Waals surface area contributed by atoms with Crippen molar-refractivity contribution in [3.8, 4) is 0 Å². The standard InChI is InChI=1S/C10H17N3O2S/c1-11-9-5-3-6-10(13-9)12-7-4-8-16(2,14)15/h3,5-6H,4,7-8H2,1-2H3,(H2,11,12,13). The number of pyridine rings is 1. The lowest BCUT2D eigenvalue weighted by molar-refractivity contribution is 0.600. The Morgan fingerprint density at radius 3 is 2.62 bits per heavy atom. The maximum Gasteiger partial charge on any atom is 0.147 e. The molecule has 0 aliphatic heterocycles. The first kappa shape index (κ1) is 12.8. The molecule has 2 N–H and O–H groups in total. The fourth-order valence-electron chi connectivity index (χ4n) is 1.22. The molecule has 90 valence electrons. The van der Waals surface area contributed by atoms with Crippen molar-refractivity contribution in [1.29, 1.82) is 0 Å². The van der Waals surface area contributed by atoms with Gasteiger partial charge in [0.2, 0.25) is 0 Å². The molecule has 0 saturated carbocycles. The summed E-state index contributed by atoms with van der Waals surface area (Å²) in [6.07, 6.45) is 1.83. The van der Waals surface area contributed by atoms with Gasteiger partial charge in [-0.15, -0.1) is 0 Å². The van der Waals surface area contributed by atoms with E-state index in [0.717, 1.165) is 11.6 Å².